The average Bonchev–Trinajstić information content (AvgIpc) is 2.74. The van der Waals surface area contributed by atoms with Gasteiger partial charge >= 0.3 is 0 Å². The Labute approximate surface area is 221 Å². The zero-order chi connectivity index (χ0) is 22.5. The number of hydrogen-bond donors (Lipinski definition) is 1. The van der Waals surface area contributed by atoms with Crippen molar-refractivity contribution in [1.82, 2.24) is 4.98 Å². The van der Waals surface area contributed by atoms with Crippen LogP contribution in [-0.4, -0.2) is 10.1 Å². The van der Waals surface area contributed by atoms with Gasteiger partial charge in [-0.3, -0.25) is 0 Å². The number of nitrogens with zero attached hydrogens (tertiary/aromatic N) is 1. The molecule has 0 atom stereocenters. The average molecular weight is 606 g/mol. The molecule has 12 heteroatoms. The molecule has 1 heterocycles. The standard InChI is InChI=1S/C18H5Cl10NO/c19-9-7(10(20)14(24)17(27)13(9)23)4-1-2-5(29-6(4)3-30)8-11(21)15(25)18(28)16(26)12(8)22/h1-2,30H,3H2. The van der Waals surface area contributed by atoms with Crippen molar-refractivity contribution >= 4 is 116 Å². The monoisotopic (exact) mass is 601 g/mol. The Morgan fingerprint density at radius 2 is 0.900 bits per heavy atom. The van der Waals surface area contributed by atoms with E-state index in [4.69, 9.17) is 116 Å². The SMILES string of the molecule is OCc1nc(-c2c(Cl)c(Cl)c(Cl)c(Cl)c2Cl)ccc1-c1c(Cl)c(Cl)c(Cl)c(Cl)c1Cl. The number of pyridine rings is 1. The highest BCUT2D eigenvalue weighted by atomic mass is 35.5. The van der Waals surface area contributed by atoms with Crippen molar-refractivity contribution in [3.8, 4) is 22.4 Å². The topological polar surface area (TPSA) is 33.1 Å². The van der Waals surface area contributed by atoms with Crippen LogP contribution in [0.4, 0.5) is 0 Å². The number of aromatic nitrogens is 1. The lowest BCUT2D eigenvalue weighted by Gasteiger charge is -2.17. The summed E-state index contributed by atoms with van der Waals surface area (Å²) in [5.41, 5.74) is 1.32. The number of rotatable bonds is 3. The molecule has 1 N–H and O–H groups in total. The molecule has 0 saturated heterocycles. The second-order valence-electron chi connectivity index (χ2n) is 5.74. The largest absolute Gasteiger partial charge is 0.390 e. The third-order valence-electron chi connectivity index (χ3n) is 4.07. The molecule has 0 saturated carbocycles. The fourth-order valence-electron chi connectivity index (χ4n) is 2.66. The summed E-state index contributed by atoms with van der Waals surface area (Å²) in [6.45, 7) is -0.488. The van der Waals surface area contributed by atoms with Crippen molar-refractivity contribution in [1.29, 1.82) is 0 Å². The van der Waals surface area contributed by atoms with Gasteiger partial charge in [-0.15, -0.1) is 0 Å². The molecular formula is C18H5Cl10NO. The van der Waals surface area contributed by atoms with Gasteiger partial charge in [-0.2, -0.15) is 0 Å². The van der Waals surface area contributed by atoms with Gasteiger partial charge in [-0.25, -0.2) is 4.98 Å². The van der Waals surface area contributed by atoms with Gasteiger partial charge in [0.15, 0.2) is 0 Å². The molecule has 3 aromatic rings. The summed E-state index contributed by atoms with van der Waals surface area (Å²) in [5, 5.41) is 10.2. The van der Waals surface area contributed by atoms with Gasteiger partial charge in [0.05, 0.1) is 68.2 Å². The molecule has 0 amide bonds. The van der Waals surface area contributed by atoms with Crippen LogP contribution in [0.25, 0.3) is 22.4 Å². The number of halogens is 10. The maximum Gasteiger partial charge on any atom is 0.0859 e. The van der Waals surface area contributed by atoms with Gasteiger partial charge < -0.3 is 5.11 Å². The van der Waals surface area contributed by atoms with E-state index in [0.29, 0.717) is 5.56 Å². The van der Waals surface area contributed by atoms with Crippen LogP contribution >= 0.6 is 116 Å². The van der Waals surface area contributed by atoms with Crippen molar-refractivity contribution < 1.29 is 5.11 Å². The van der Waals surface area contributed by atoms with E-state index in [2.05, 4.69) is 4.98 Å². The molecule has 2 nitrogen and oxygen atoms in total. The summed E-state index contributed by atoms with van der Waals surface area (Å²) in [6, 6.07) is 3.15. The third kappa shape index (κ3) is 4.20. The Morgan fingerprint density at radius 3 is 1.30 bits per heavy atom. The minimum absolute atomic E-state index is 0.0104. The Hall–Kier alpha value is 0.450. The lowest BCUT2D eigenvalue weighted by Crippen LogP contribution is -1.99. The van der Waals surface area contributed by atoms with Crippen LogP contribution < -0.4 is 0 Å². The third-order valence-corrected chi connectivity index (χ3v) is 8.62. The molecule has 0 aliphatic heterocycles. The Morgan fingerprint density at radius 1 is 0.533 bits per heavy atom. The molecule has 1 aromatic heterocycles. The van der Waals surface area contributed by atoms with Crippen LogP contribution in [0, 0.1) is 0 Å². The van der Waals surface area contributed by atoms with Crippen molar-refractivity contribution in [2.75, 3.05) is 0 Å². The van der Waals surface area contributed by atoms with E-state index in [9.17, 15) is 5.11 Å². The number of benzene rings is 2. The number of hydrogen-bond acceptors (Lipinski definition) is 2. The van der Waals surface area contributed by atoms with E-state index in [-0.39, 0.29) is 72.7 Å². The van der Waals surface area contributed by atoms with Gasteiger partial charge in [-0.05, 0) is 6.07 Å². The number of aliphatic hydroxyl groups is 1. The minimum Gasteiger partial charge on any atom is -0.390 e. The van der Waals surface area contributed by atoms with Crippen molar-refractivity contribution in [3.63, 3.8) is 0 Å². The summed E-state index contributed by atoms with van der Waals surface area (Å²) < 4.78 is 0. The van der Waals surface area contributed by atoms with E-state index < -0.39 is 6.61 Å². The molecule has 0 bridgehead atoms. The van der Waals surface area contributed by atoms with E-state index in [0.717, 1.165) is 0 Å². The normalized spacial score (nSPS) is 11.3. The predicted octanol–water partition coefficient (Wildman–Crippen LogP) is 10.4. The first-order valence-electron chi connectivity index (χ1n) is 7.67. The molecule has 0 aliphatic rings. The van der Waals surface area contributed by atoms with E-state index in [1.54, 1.807) is 12.1 Å². The second-order valence-corrected chi connectivity index (χ2v) is 9.52. The first-order valence-corrected chi connectivity index (χ1v) is 11.4. The summed E-state index contributed by atoms with van der Waals surface area (Å²) in [4.78, 5) is 4.42. The first kappa shape index (κ1) is 25.1. The first-order chi connectivity index (χ1) is 14.0. The highest BCUT2D eigenvalue weighted by molar-refractivity contribution is 6.57. The second kappa shape index (κ2) is 9.75. The molecule has 30 heavy (non-hydrogen) atoms. The fourth-order valence-corrected chi connectivity index (χ4v) is 5.33. The molecule has 0 spiro atoms. The van der Waals surface area contributed by atoms with Gasteiger partial charge in [0.1, 0.15) is 0 Å². The molecular weight excluding hydrogens is 601 g/mol. The Balaban J connectivity index is 2.31. The van der Waals surface area contributed by atoms with Crippen LogP contribution in [0.3, 0.4) is 0 Å². The molecule has 0 aliphatic carbocycles. The highest BCUT2D eigenvalue weighted by Gasteiger charge is 2.25. The Bertz CT molecular complexity index is 1140. The minimum atomic E-state index is -0.488. The zero-order valence-electron chi connectivity index (χ0n) is 14.0. The lowest BCUT2D eigenvalue weighted by molar-refractivity contribution is 0.277. The van der Waals surface area contributed by atoms with E-state index in [1.165, 1.54) is 0 Å². The highest BCUT2D eigenvalue weighted by Crippen LogP contribution is 2.50. The smallest absolute Gasteiger partial charge is 0.0859 e. The van der Waals surface area contributed by atoms with Crippen LogP contribution in [0.5, 0.6) is 0 Å². The molecule has 3 rings (SSSR count). The van der Waals surface area contributed by atoms with Crippen LogP contribution in [0.1, 0.15) is 5.69 Å². The van der Waals surface area contributed by atoms with Crippen molar-refractivity contribution in [3.05, 3.63) is 68.1 Å². The fraction of sp³-hybridized carbons (Fsp3) is 0.0556. The molecule has 0 fully saturated rings. The van der Waals surface area contributed by atoms with E-state index in [1.807, 2.05) is 0 Å². The summed E-state index contributed by atoms with van der Waals surface area (Å²) in [6.07, 6.45) is 0. The quantitative estimate of drug-likeness (QED) is 0.238. The molecule has 0 unspecified atom stereocenters. The van der Waals surface area contributed by atoms with Gasteiger partial charge in [0.25, 0.3) is 0 Å². The summed E-state index contributed by atoms with van der Waals surface area (Å²) >= 11 is 62.0. The van der Waals surface area contributed by atoms with Crippen molar-refractivity contribution in [2.24, 2.45) is 0 Å². The van der Waals surface area contributed by atoms with Crippen molar-refractivity contribution in [2.45, 2.75) is 6.61 Å². The summed E-state index contributed by atoms with van der Waals surface area (Å²) in [5.74, 6) is 0. The van der Waals surface area contributed by atoms with Crippen LogP contribution in [0.15, 0.2) is 12.1 Å². The maximum absolute atomic E-state index is 9.94. The molecule has 0 radical (unpaired) electrons. The number of aliphatic hydroxyl groups excluding tert-OH is 1. The zero-order valence-corrected chi connectivity index (χ0v) is 21.6. The molecule has 2 aromatic carbocycles. The predicted molar refractivity (Wildman–Crippen MR) is 131 cm³/mol. The maximum atomic E-state index is 9.94. The van der Waals surface area contributed by atoms with Gasteiger partial charge in [0.2, 0.25) is 0 Å². The molecule has 158 valence electrons. The van der Waals surface area contributed by atoms with Gasteiger partial charge in [-0.1, -0.05) is 122 Å². The lowest BCUT2D eigenvalue weighted by atomic mass is 10.0. The van der Waals surface area contributed by atoms with Crippen LogP contribution in [-0.2, 0) is 6.61 Å². The van der Waals surface area contributed by atoms with E-state index >= 15 is 0 Å². The van der Waals surface area contributed by atoms with Gasteiger partial charge in [0, 0.05) is 16.7 Å². The van der Waals surface area contributed by atoms with Crippen LogP contribution in [0.2, 0.25) is 50.2 Å². The Kier molecular flexibility index (Phi) is 8.15. The summed E-state index contributed by atoms with van der Waals surface area (Å²) in [7, 11) is 0.